The monoisotopic (exact) mass is 917 g/mol. The molecule has 2 aliphatic heterocycles. The maximum atomic E-state index is 7.71. The highest BCUT2D eigenvalue weighted by atomic mass is 16.3. The molecule has 0 atom stereocenters. The van der Waals surface area contributed by atoms with Gasteiger partial charge in [-0.2, -0.15) is 0 Å². The van der Waals surface area contributed by atoms with Crippen molar-refractivity contribution in [3.63, 3.8) is 0 Å². The quantitative estimate of drug-likeness (QED) is 0.160. The topological polar surface area (TPSA) is 19.6 Å². The molecule has 1 aromatic heterocycles. The Labute approximate surface area is 418 Å². The van der Waals surface area contributed by atoms with Gasteiger partial charge in [-0.3, -0.25) is 0 Å². The van der Waals surface area contributed by atoms with Crippen molar-refractivity contribution in [2.75, 3.05) is 9.71 Å². The number of hydrogen-bond acceptors (Lipinski definition) is 3. The minimum absolute atomic E-state index is 0.000722. The number of aryl methyl sites for hydroxylation is 1. The van der Waals surface area contributed by atoms with Crippen LogP contribution in [0.3, 0.4) is 0 Å². The molecule has 0 fully saturated rings. The molecule has 0 spiro atoms. The van der Waals surface area contributed by atoms with Crippen LogP contribution in [0.5, 0.6) is 0 Å². The van der Waals surface area contributed by atoms with Crippen LogP contribution in [0, 0.1) is 6.92 Å². The van der Waals surface area contributed by atoms with Crippen LogP contribution in [0.4, 0.5) is 22.7 Å². The minimum atomic E-state index is -0.216. The number of hydrogen-bond donors (Lipinski definition) is 0. The Morgan fingerprint density at radius 2 is 1.14 bits per heavy atom. The van der Waals surface area contributed by atoms with Crippen LogP contribution in [0.25, 0.3) is 44.3 Å². The van der Waals surface area contributed by atoms with Crippen molar-refractivity contribution in [2.24, 2.45) is 0 Å². The molecule has 4 heteroatoms. The molecule has 4 aliphatic rings. The second kappa shape index (κ2) is 15.4. The molecule has 8 aromatic rings. The predicted molar refractivity (Wildman–Crippen MR) is 299 cm³/mol. The molecule has 0 bridgehead atoms. The third-order valence-corrected chi connectivity index (χ3v) is 17.5. The average Bonchev–Trinajstić information content (AvgIpc) is 3.71. The molecule has 352 valence electrons. The Bertz CT molecular complexity index is 3420. The number of furan rings is 1. The van der Waals surface area contributed by atoms with Gasteiger partial charge in [-0.15, -0.1) is 0 Å². The lowest BCUT2D eigenvalue weighted by Crippen LogP contribution is -2.61. The van der Waals surface area contributed by atoms with E-state index in [0.717, 1.165) is 30.5 Å². The van der Waals surface area contributed by atoms with E-state index in [9.17, 15) is 0 Å². The highest BCUT2D eigenvalue weighted by molar-refractivity contribution is 6.93. The molecule has 3 nitrogen and oxygen atoms in total. The van der Waals surface area contributed by atoms with Gasteiger partial charge in [0.1, 0.15) is 11.2 Å². The molecule has 0 unspecified atom stereocenters. The summed E-state index contributed by atoms with van der Waals surface area (Å²) in [4.78, 5) is 5.33. The molecule has 70 heavy (non-hydrogen) atoms. The highest BCUT2D eigenvalue weighted by Crippen LogP contribution is 2.53. The first kappa shape index (κ1) is 44.9. The van der Waals surface area contributed by atoms with Crippen LogP contribution in [-0.4, -0.2) is 6.85 Å². The lowest BCUT2D eigenvalue weighted by atomic mass is 9.45. The van der Waals surface area contributed by atoms with Crippen LogP contribution < -0.4 is 20.8 Å². The number of fused-ring (bicyclic) bond motifs is 8. The maximum Gasteiger partial charge on any atom is 0.375 e. The van der Waals surface area contributed by atoms with Crippen molar-refractivity contribution >= 4 is 51.7 Å². The van der Waals surface area contributed by atoms with Crippen molar-refractivity contribution in [3.05, 3.63) is 178 Å². The Hall–Kier alpha value is -6.26. The van der Waals surface area contributed by atoms with Gasteiger partial charge < -0.3 is 14.1 Å². The summed E-state index contributed by atoms with van der Waals surface area (Å²) in [6, 6.07) is 53.8. The summed E-state index contributed by atoms with van der Waals surface area (Å²) < 4.78 is 7.71. The first-order valence-electron chi connectivity index (χ1n) is 26.1. The molecule has 12 rings (SSSR count). The van der Waals surface area contributed by atoms with Crippen LogP contribution >= 0.6 is 0 Å². The fourth-order valence-electron chi connectivity index (χ4n) is 13.0. The molecule has 3 heterocycles. The van der Waals surface area contributed by atoms with Gasteiger partial charge in [-0.1, -0.05) is 173 Å². The smallest absolute Gasteiger partial charge is 0.375 e. The first-order valence-corrected chi connectivity index (χ1v) is 26.1. The zero-order valence-electron chi connectivity index (χ0n) is 43.7. The Kier molecular flexibility index (Phi) is 9.86. The Morgan fingerprint density at radius 1 is 0.529 bits per heavy atom. The SMILES string of the molecule is Cc1cc2c3c(c1)N(Cc1ccc(C(C)(C)C)cc1-c1ccccc1)c1c(oc4cc5c(cc14)C(C)(C)CCC5(C)C)B3N(c1ccc3c(c1)C(C)(C)CCC3(C)C)c1ccc(-c3ccccc3)cc1-2. The van der Waals surface area contributed by atoms with Crippen molar-refractivity contribution in [1.82, 2.24) is 0 Å². The maximum absolute atomic E-state index is 7.71. The van der Waals surface area contributed by atoms with Gasteiger partial charge in [0.25, 0.3) is 0 Å². The molecular weight excluding hydrogens is 848 g/mol. The van der Waals surface area contributed by atoms with Gasteiger partial charge in [-0.25, -0.2) is 0 Å². The predicted octanol–water partition coefficient (Wildman–Crippen LogP) is 16.6. The highest BCUT2D eigenvalue weighted by Gasteiger charge is 2.50. The number of nitrogens with zero attached hydrogens (tertiary/aromatic N) is 2. The van der Waals surface area contributed by atoms with E-state index in [0.29, 0.717) is 6.54 Å². The van der Waals surface area contributed by atoms with E-state index in [1.165, 1.54) is 112 Å². The van der Waals surface area contributed by atoms with Gasteiger partial charge in [-0.05, 0) is 174 Å². The third kappa shape index (κ3) is 6.97. The molecule has 7 aromatic carbocycles. The van der Waals surface area contributed by atoms with Gasteiger partial charge in [0, 0.05) is 34.6 Å². The van der Waals surface area contributed by atoms with Crippen molar-refractivity contribution in [1.29, 1.82) is 0 Å². The summed E-state index contributed by atoms with van der Waals surface area (Å²) in [6.07, 6.45) is 4.64. The normalized spacial score (nSPS) is 17.9. The van der Waals surface area contributed by atoms with Crippen molar-refractivity contribution < 1.29 is 4.42 Å². The number of benzene rings is 7. The second-order valence-electron chi connectivity index (χ2n) is 25.2. The van der Waals surface area contributed by atoms with E-state index >= 15 is 0 Å². The summed E-state index contributed by atoms with van der Waals surface area (Å²) in [5.74, 6) is 0. The Balaban J connectivity index is 1.18. The second-order valence-corrected chi connectivity index (χ2v) is 25.2. The zero-order valence-corrected chi connectivity index (χ0v) is 43.7. The van der Waals surface area contributed by atoms with E-state index in [4.69, 9.17) is 4.42 Å². The molecule has 0 saturated heterocycles. The molecule has 0 amide bonds. The standard InChI is InChI=1S/C66H69BN2O/c1-41-33-50-49-35-44(42-19-15-13-16-20-42)24-28-56(49)69(47-26-27-52-53(37-47)64(7,8)30-29-63(52,5)6)67-59(50)57(34-41)68(40-45-23-25-46(62(2,3)4)36-48(45)43-21-17-14-18-22-43)60-51-38-54-55(39-58(51)70-61(60)67)66(11,12)32-31-65(54,9)10/h13-28,33-39H,29-32,40H2,1-12H3. The van der Waals surface area contributed by atoms with Crippen LogP contribution in [0.2, 0.25) is 0 Å². The summed E-state index contributed by atoms with van der Waals surface area (Å²) in [6.45, 7) is 29.3. The fourth-order valence-corrected chi connectivity index (χ4v) is 13.0. The van der Waals surface area contributed by atoms with E-state index in [1.807, 2.05) is 0 Å². The molecular formula is C66H69BN2O. The average molecular weight is 917 g/mol. The van der Waals surface area contributed by atoms with Crippen molar-refractivity contribution in [2.45, 2.75) is 142 Å². The number of anilines is 4. The van der Waals surface area contributed by atoms with Gasteiger partial charge >= 0.3 is 6.85 Å². The summed E-state index contributed by atoms with van der Waals surface area (Å²) >= 11 is 0. The fraction of sp³-hybridized carbons (Fsp3) is 0.333. The lowest BCUT2D eigenvalue weighted by Gasteiger charge is -2.46. The largest absolute Gasteiger partial charge is 0.466 e. The van der Waals surface area contributed by atoms with Gasteiger partial charge in [0.05, 0.1) is 5.69 Å². The summed E-state index contributed by atoms with van der Waals surface area (Å²) in [7, 11) is 0. The Morgan fingerprint density at radius 3 is 1.80 bits per heavy atom. The van der Waals surface area contributed by atoms with Gasteiger partial charge in [0.15, 0.2) is 0 Å². The van der Waals surface area contributed by atoms with E-state index in [-0.39, 0.29) is 33.9 Å². The lowest BCUT2D eigenvalue weighted by molar-refractivity contribution is 0.332. The summed E-state index contributed by atoms with van der Waals surface area (Å²) in [5.41, 5.74) is 25.6. The first-order chi connectivity index (χ1) is 33.2. The molecule has 2 aliphatic carbocycles. The molecule has 0 N–H and O–H groups in total. The van der Waals surface area contributed by atoms with E-state index < -0.39 is 0 Å². The third-order valence-electron chi connectivity index (χ3n) is 17.5. The van der Waals surface area contributed by atoms with Gasteiger partial charge in [0.2, 0.25) is 0 Å². The number of rotatable bonds is 5. The van der Waals surface area contributed by atoms with Crippen LogP contribution in [0.1, 0.15) is 141 Å². The zero-order chi connectivity index (χ0) is 48.9. The molecule has 0 radical (unpaired) electrons. The molecule has 0 saturated carbocycles. The van der Waals surface area contributed by atoms with Crippen LogP contribution in [-0.2, 0) is 33.6 Å². The minimum Gasteiger partial charge on any atom is -0.466 e. The van der Waals surface area contributed by atoms with E-state index in [2.05, 4.69) is 232 Å². The van der Waals surface area contributed by atoms with E-state index in [1.54, 1.807) is 0 Å². The summed E-state index contributed by atoms with van der Waals surface area (Å²) in [5, 5.41) is 1.21. The van der Waals surface area contributed by atoms with Crippen molar-refractivity contribution in [3.8, 4) is 33.4 Å². The van der Waals surface area contributed by atoms with Crippen LogP contribution in [0.15, 0.2) is 144 Å².